The monoisotopic (exact) mass is 426 g/mol. The van der Waals surface area contributed by atoms with Crippen LogP contribution in [0.5, 0.6) is 5.75 Å². The first-order chi connectivity index (χ1) is 14.0. The third-order valence-corrected chi connectivity index (χ3v) is 4.50. The summed E-state index contributed by atoms with van der Waals surface area (Å²) in [6, 6.07) is 2.59. The lowest BCUT2D eigenvalue weighted by Gasteiger charge is -2.32. The fourth-order valence-corrected chi connectivity index (χ4v) is 2.51. The van der Waals surface area contributed by atoms with Crippen molar-refractivity contribution < 1.29 is 27.8 Å². The van der Waals surface area contributed by atoms with Gasteiger partial charge in [0, 0.05) is 25.2 Å². The summed E-state index contributed by atoms with van der Waals surface area (Å²) < 4.78 is 52.1. The van der Waals surface area contributed by atoms with E-state index < -0.39 is 23.9 Å². The molecule has 0 spiro atoms. The average molecular weight is 426 g/mol. The van der Waals surface area contributed by atoms with Crippen molar-refractivity contribution in [1.82, 2.24) is 4.90 Å². The summed E-state index contributed by atoms with van der Waals surface area (Å²) in [6.45, 7) is 10.2. The topological polar surface area (TPSA) is 54.3 Å². The van der Waals surface area contributed by atoms with Crippen LogP contribution >= 0.6 is 0 Å². The normalized spacial score (nSPS) is 14.5. The Kier molecular flexibility index (Phi) is 9.32. The van der Waals surface area contributed by atoms with Crippen LogP contribution in [0.15, 0.2) is 54.1 Å². The Morgan fingerprint density at radius 2 is 1.97 bits per heavy atom. The van der Waals surface area contributed by atoms with Crippen molar-refractivity contribution in [2.45, 2.75) is 25.6 Å². The van der Waals surface area contributed by atoms with Gasteiger partial charge in [-0.25, -0.2) is 4.99 Å². The van der Waals surface area contributed by atoms with Crippen LogP contribution in [-0.2, 0) is 10.3 Å². The highest BCUT2D eigenvalue weighted by Gasteiger charge is 2.56. The number of aryl methyl sites for hydroxylation is 1. The van der Waals surface area contributed by atoms with E-state index in [-0.39, 0.29) is 12.4 Å². The van der Waals surface area contributed by atoms with E-state index >= 15 is 0 Å². The Labute approximate surface area is 175 Å². The van der Waals surface area contributed by atoms with E-state index in [1.807, 2.05) is 18.9 Å². The molecule has 0 bridgehead atoms. The first-order valence-corrected chi connectivity index (χ1v) is 9.28. The number of methoxy groups -OCH3 is 1. The number of allylic oxidation sites excluding steroid dienone is 2. The fourth-order valence-electron chi connectivity index (χ4n) is 2.51. The van der Waals surface area contributed by atoms with E-state index in [2.05, 4.69) is 18.2 Å². The van der Waals surface area contributed by atoms with E-state index in [1.165, 1.54) is 31.4 Å². The SMILES string of the molecule is C=C/C=C(\C=C)COCC(O)(c1cc(C)c(N=CN(C)CC)cc1OC)C(F)(F)F. The number of aliphatic hydroxyl groups is 1. The largest absolute Gasteiger partial charge is 0.496 e. The molecule has 0 aliphatic rings. The second-order valence-corrected chi connectivity index (χ2v) is 6.69. The van der Waals surface area contributed by atoms with Crippen LogP contribution in [0.25, 0.3) is 0 Å². The van der Waals surface area contributed by atoms with Gasteiger partial charge in [-0.3, -0.25) is 0 Å². The van der Waals surface area contributed by atoms with Crippen LogP contribution < -0.4 is 4.74 Å². The van der Waals surface area contributed by atoms with Gasteiger partial charge in [0.1, 0.15) is 5.75 Å². The van der Waals surface area contributed by atoms with Crippen LogP contribution in [0, 0.1) is 6.92 Å². The van der Waals surface area contributed by atoms with Gasteiger partial charge in [0.15, 0.2) is 0 Å². The minimum atomic E-state index is -5.00. The van der Waals surface area contributed by atoms with E-state index in [4.69, 9.17) is 9.47 Å². The molecule has 0 aromatic heterocycles. The number of aliphatic imine (C=N–C) groups is 1. The van der Waals surface area contributed by atoms with Crippen LogP contribution in [0.1, 0.15) is 18.1 Å². The molecule has 1 atom stereocenters. The molecule has 1 aromatic rings. The summed E-state index contributed by atoms with van der Waals surface area (Å²) in [5.74, 6) is -0.138. The zero-order valence-corrected chi connectivity index (χ0v) is 17.8. The lowest BCUT2D eigenvalue weighted by molar-refractivity contribution is -0.281. The second kappa shape index (κ2) is 11.0. The van der Waals surface area contributed by atoms with Crippen molar-refractivity contribution in [3.8, 4) is 5.75 Å². The van der Waals surface area contributed by atoms with Gasteiger partial charge in [-0.1, -0.05) is 31.4 Å². The van der Waals surface area contributed by atoms with Crippen molar-refractivity contribution >= 4 is 12.0 Å². The molecular formula is C22H29F3N2O3. The maximum absolute atomic E-state index is 13.9. The Morgan fingerprint density at radius 3 is 2.47 bits per heavy atom. The first-order valence-electron chi connectivity index (χ1n) is 9.28. The third-order valence-electron chi connectivity index (χ3n) is 4.50. The quantitative estimate of drug-likeness (QED) is 0.317. The number of rotatable bonds is 11. The number of halogens is 3. The van der Waals surface area contributed by atoms with E-state index in [0.29, 0.717) is 16.8 Å². The molecule has 1 unspecified atom stereocenters. The van der Waals surface area contributed by atoms with E-state index in [9.17, 15) is 18.3 Å². The molecule has 0 radical (unpaired) electrons. The molecule has 0 heterocycles. The summed E-state index contributed by atoms with van der Waals surface area (Å²) >= 11 is 0. The molecule has 0 aliphatic heterocycles. The molecule has 166 valence electrons. The molecule has 0 aliphatic carbocycles. The Morgan fingerprint density at radius 1 is 1.30 bits per heavy atom. The van der Waals surface area contributed by atoms with Crippen LogP contribution in [-0.4, -0.2) is 56.4 Å². The maximum atomic E-state index is 13.9. The molecule has 5 nitrogen and oxygen atoms in total. The molecule has 0 saturated heterocycles. The summed E-state index contributed by atoms with van der Waals surface area (Å²) in [4.78, 5) is 6.10. The van der Waals surface area contributed by atoms with Gasteiger partial charge in [0.2, 0.25) is 5.60 Å². The number of nitrogens with zero attached hydrogens (tertiary/aromatic N) is 2. The first kappa shape index (κ1) is 25.5. The van der Waals surface area contributed by atoms with Gasteiger partial charge in [0.25, 0.3) is 0 Å². The maximum Gasteiger partial charge on any atom is 0.423 e. The van der Waals surface area contributed by atoms with Crippen molar-refractivity contribution in [3.63, 3.8) is 0 Å². The Hall–Kier alpha value is -2.58. The highest BCUT2D eigenvalue weighted by Crippen LogP contribution is 2.45. The average Bonchev–Trinajstić information content (AvgIpc) is 2.70. The zero-order valence-electron chi connectivity index (χ0n) is 17.8. The minimum Gasteiger partial charge on any atom is -0.496 e. The van der Waals surface area contributed by atoms with Crippen molar-refractivity contribution in [1.29, 1.82) is 0 Å². The predicted molar refractivity (Wildman–Crippen MR) is 113 cm³/mol. The molecule has 0 fully saturated rings. The minimum absolute atomic E-state index is 0.138. The number of hydrogen-bond acceptors (Lipinski definition) is 4. The molecule has 30 heavy (non-hydrogen) atoms. The van der Waals surface area contributed by atoms with Gasteiger partial charge in [-0.2, -0.15) is 13.2 Å². The highest BCUT2D eigenvalue weighted by molar-refractivity contribution is 5.65. The second-order valence-electron chi connectivity index (χ2n) is 6.69. The van der Waals surface area contributed by atoms with Crippen molar-refractivity contribution in [2.24, 2.45) is 4.99 Å². The summed E-state index contributed by atoms with van der Waals surface area (Å²) in [5, 5.41) is 10.7. The highest BCUT2D eigenvalue weighted by atomic mass is 19.4. The molecule has 1 aromatic carbocycles. The van der Waals surface area contributed by atoms with Gasteiger partial charge in [-0.15, -0.1) is 0 Å². The van der Waals surface area contributed by atoms with Crippen LogP contribution in [0.4, 0.5) is 18.9 Å². The number of benzene rings is 1. The van der Waals surface area contributed by atoms with Crippen LogP contribution in [0.2, 0.25) is 0 Å². The molecular weight excluding hydrogens is 397 g/mol. The smallest absolute Gasteiger partial charge is 0.423 e. The molecule has 0 saturated carbocycles. The van der Waals surface area contributed by atoms with Crippen LogP contribution in [0.3, 0.4) is 0 Å². The van der Waals surface area contributed by atoms with E-state index in [1.54, 1.807) is 19.3 Å². The number of ether oxygens (including phenoxy) is 2. The molecule has 0 amide bonds. The summed E-state index contributed by atoms with van der Waals surface area (Å²) in [5.41, 5.74) is -2.30. The Balaban J connectivity index is 3.35. The summed E-state index contributed by atoms with van der Waals surface area (Å²) in [7, 11) is 3.06. The van der Waals surface area contributed by atoms with E-state index in [0.717, 1.165) is 6.54 Å². The number of hydrogen-bond donors (Lipinski definition) is 1. The summed E-state index contributed by atoms with van der Waals surface area (Å²) in [6.07, 6.45) is 1.04. The van der Waals surface area contributed by atoms with Crippen molar-refractivity contribution in [2.75, 3.05) is 33.9 Å². The molecule has 8 heteroatoms. The standard InChI is InChI=1S/C22H29F3N2O3/c1-7-10-17(8-2)13-30-14-21(28,22(23,24)25)18-11-16(4)19(12-20(18)29-6)26-15-27(5)9-3/h7-8,10-12,15,28H,1-2,9,13-14H2,3-6H3/b17-10+,26-15?. The van der Waals surface area contributed by atoms with Gasteiger partial charge < -0.3 is 19.5 Å². The van der Waals surface area contributed by atoms with Gasteiger partial charge >= 0.3 is 6.18 Å². The molecule has 1 rings (SSSR count). The van der Waals surface area contributed by atoms with Gasteiger partial charge in [0.05, 0.1) is 32.3 Å². The van der Waals surface area contributed by atoms with Crippen molar-refractivity contribution in [3.05, 3.63) is 60.2 Å². The fraction of sp³-hybridized carbons (Fsp3) is 0.409. The predicted octanol–water partition coefficient (Wildman–Crippen LogP) is 4.68. The Bertz CT molecular complexity index is 804. The molecule has 1 N–H and O–H groups in total. The third kappa shape index (κ3) is 6.21. The zero-order chi connectivity index (χ0) is 22.9. The lowest BCUT2D eigenvalue weighted by atomic mass is 9.91. The number of alkyl halides is 3. The lowest BCUT2D eigenvalue weighted by Crippen LogP contribution is -2.46. The van der Waals surface area contributed by atoms with Gasteiger partial charge in [-0.05, 0) is 31.1 Å².